The van der Waals surface area contributed by atoms with Gasteiger partial charge in [-0.05, 0) is 43.5 Å². The highest BCUT2D eigenvalue weighted by Crippen LogP contribution is 2.25. The third kappa shape index (κ3) is 2.93. The molecule has 0 bridgehead atoms. The summed E-state index contributed by atoms with van der Waals surface area (Å²) in [5, 5.41) is 9.08. The first-order valence-electron chi connectivity index (χ1n) is 5.12. The Labute approximate surface area is 95.0 Å². The van der Waals surface area contributed by atoms with Crippen LogP contribution in [0.5, 0.6) is 5.75 Å². The zero-order chi connectivity index (χ0) is 12.3. The van der Waals surface area contributed by atoms with Crippen LogP contribution < -0.4 is 10.5 Å². The number of halogens is 1. The van der Waals surface area contributed by atoms with E-state index in [4.69, 9.17) is 15.6 Å². The number of nitrogens with two attached hydrogens (primary N) is 1. The Morgan fingerprint density at radius 1 is 1.50 bits per heavy atom. The quantitative estimate of drug-likeness (QED) is 0.817. The van der Waals surface area contributed by atoms with Crippen LogP contribution in [0.1, 0.15) is 18.1 Å². The number of methoxy groups -OCH3 is 1. The van der Waals surface area contributed by atoms with Crippen molar-refractivity contribution in [1.82, 2.24) is 0 Å². The summed E-state index contributed by atoms with van der Waals surface area (Å²) in [5.41, 5.74) is 6.26. The Bertz CT molecular complexity index is 378. The van der Waals surface area contributed by atoms with Gasteiger partial charge in [-0.25, -0.2) is 4.39 Å². The average molecular weight is 227 g/mol. The zero-order valence-corrected chi connectivity index (χ0v) is 9.88. The molecule has 0 saturated heterocycles. The molecule has 0 aliphatic rings. The molecule has 0 amide bonds. The summed E-state index contributed by atoms with van der Waals surface area (Å²) in [5.74, 6) is 0.313. The van der Waals surface area contributed by atoms with E-state index >= 15 is 0 Å². The van der Waals surface area contributed by atoms with Crippen molar-refractivity contribution in [2.24, 2.45) is 5.73 Å². The van der Waals surface area contributed by atoms with Gasteiger partial charge in [0.25, 0.3) is 0 Å². The van der Waals surface area contributed by atoms with Gasteiger partial charge < -0.3 is 15.6 Å². The van der Waals surface area contributed by atoms with Crippen LogP contribution in [-0.4, -0.2) is 24.4 Å². The lowest BCUT2D eigenvalue weighted by atomic mass is 9.93. The Balaban J connectivity index is 3.08. The normalized spacial score (nSPS) is 14.6. The molecule has 3 nitrogen and oxygen atoms in total. The highest BCUT2D eigenvalue weighted by atomic mass is 19.1. The summed E-state index contributed by atoms with van der Waals surface area (Å²) < 4.78 is 18.6. The van der Waals surface area contributed by atoms with E-state index in [0.29, 0.717) is 23.3 Å². The van der Waals surface area contributed by atoms with E-state index in [0.717, 1.165) is 0 Å². The van der Waals surface area contributed by atoms with Crippen LogP contribution >= 0.6 is 0 Å². The van der Waals surface area contributed by atoms with E-state index in [2.05, 4.69) is 0 Å². The minimum absolute atomic E-state index is 0.161. The molecule has 1 rings (SSSR count). The molecule has 0 fully saturated rings. The smallest absolute Gasteiger partial charge is 0.126 e. The van der Waals surface area contributed by atoms with Crippen LogP contribution in [0.4, 0.5) is 4.39 Å². The Morgan fingerprint density at radius 2 is 2.12 bits per heavy atom. The number of ether oxygens (including phenoxy) is 1. The maximum absolute atomic E-state index is 13.4. The highest BCUT2D eigenvalue weighted by molar-refractivity contribution is 5.39. The fourth-order valence-corrected chi connectivity index (χ4v) is 1.52. The lowest BCUT2D eigenvalue weighted by Crippen LogP contribution is -2.42. The molecule has 0 heterocycles. The molecule has 1 atom stereocenters. The van der Waals surface area contributed by atoms with Gasteiger partial charge in [-0.15, -0.1) is 0 Å². The lowest BCUT2D eigenvalue weighted by molar-refractivity contribution is 0.207. The van der Waals surface area contributed by atoms with Crippen LogP contribution in [0.2, 0.25) is 0 Å². The molecule has 0 spiro atoms. The topological polar surface area (TPSA) is 55.5 Å². The maximum atomic E-state index is 13.4. The highest BCUT2D eigenvalue weighted by Gasteiger charge is 2.20. The van der Waals surface area contributed by atoms with Gasteiger partial charge in [-0.1, -0.05) is 0 Å². The second-order valence-corrected chi connectivity index (χ2v) is 4.40. The predicted octanol–water partition coefficient (Wildman–Crippen LogP) is 1.39. The van der Waals surface area contributed by atoms with Crippen LogP contribution in [-0.2, 0) is 6.42 Å². The minimum Gasteiger partial charge on any atom is -0.496 e. The molecule has 1 aromatic carbocycles. The second kappa shape index (κ2) is 4.80. The van der Waals surface area contributed by atoms with Gasteiger partial charge in [0, 0.05) is 5.54 Å². The SMILES string of the molecule is COc1cc(C)c(F)cc1CC(C)(N)CO. The second-order valence-electron chi connectivity index (χ2n) is 4.40. The van der Waals surface area contributed by atoms with E-state index in [-0.39, 0.29) is 12.4 Å². The van der Waals surface area contributed by atoms with E-state index in [1.165, 1.54) is 13.2 Å². The zero-order valence-electron chi connectivity index (χ0n) is 9.88. The number of hydrogen-bond acceptors (Lipinski definition) is 3. The van der Waals surface area contributed by atoms with Gasteiger partial charge >= 0.3 is 0 Å². The Kier molecular flexibility index (Phi) is 3.88. The summed E-state index contributed by atoms with van der Waals surface area (Å²) in [6.45, 7) is 3.23. The molecule has 0 aliphatic carbocycles. The number of hydrogen-bond donors (Lipinski definition) is 2. The minimum atomic E-state index is -0.769. The van der Waals surface area contributed by atoms with Crippen LogP contribution in [0.3, 0.4) is 0 Å². The number of benzene rings is 1. The summed E-state index contributed by atoms with van der Waals surface area (Å²) in [6.07, 6.45) is 0.365. The van der Waals surface area contributed by atoms with E-state index < -0.39 is 5.54 Å². The Morgan fingerprint density at radius 3 is 2.62 bits per heavy atom. The summed E-state index contributed by atoms with van der Waals surface area (Å²) in [7, 11) is 1.53. The first-order valence-corrected chi connectivity index (χ1v) is 5.12. The Hall–Kier alpha value is -1.13. The van der Waals surface area contributed by atoms with E-state index in [1.807, 2.05) is 0 Å². The fraction of sp³-hybridized carbons (Fsp3) is 0.500. The van der Waals surface area contributed by atoms with Gasteiger partial charge in [-0.2, -0.15) is 0 Å². The predicted molar refractivity (Wildman–Crippen MR) is 61.1 cm³/mol. The van der Waals surface area contributed by atoms with Crippen molar-refractivity contribution in [2.75, 3.05) is 13.7 Å². The summed E-state index contributed by atoms with van der Waals surface area (Å²) in [6, 6.07) is 3.05. The molecular weight excluding hydrogens is 209 g/mol. The summed E-state index contributed by atoms with van der Waals surface area (Å²) in [4.78, 5) is 0. The lowest BCUT2D eigenvalue weighted by Gasteiger charge is -2.23. The molecule has 1 aromatic rings. The van der Waals surface area contributed by atoms with E-state index in [1.54, 1.807) is 19.9 Å². The first-order chi connectivity index (χ1) is 7.39. The van der Waals surface area contributed by atoms with Crippen molar-refractivity contribution in [3.8, 4) is 5.75 Å². The molecule has 0 aliphatic heterocycles. The van der Waals surface area contributed by atoms with Crippen molar-refractivity contribution >= 4 is 0 Å². The molecule has 0 radical (unpaired) electrons. The van der Waals surface area contributed by atoms with Gasteiger partial charge in [0.1, 0.15) is 11.6 Å². The number of aliphatic hydroxyl groups is 1. The first kappa shape index (κ1) is 12.9. The van der Waals surface area contributed by atoms with Crippen LogP contribution in [0.25, 0.3) is 0 Å². The molecular formula is C12H18FNO2. The number of aliphatic hydroxyl groups excluding tert-OH is 1. The van der Waals surface area contributed by atoms with Gasteiger partial charge in [0.05, 0.1) is 13.7 Å². The molecule has 90 valence electrons. The maximum Gasteiger partial charge on any atom is 0.126 e. The van der Waals surface area contributed by atoms with Gasteiger partial charge in [0.15, 0.2) is 0 Å². The molecule has 1 unspecified atom stereocenters. The molecule has 4 heteroatoms. The van der Waals surface area contributed by atoms with Crippen molar-refractivity contribution in [2.45, 2.75) is 25.8 Å². The van der Waals surface area contributed by atoms with Gasteiger partial charge in [0.2, 0.25) is 0 Å². The van der Waals surface area contributed by atoms with E-state index in [9.17, 15) is 4.39 Å². The van der Waals surface area contributed by atoms with Crippen molar-refractivity contribution < 1.29 is 14.2 Å². The standard InChI is InChI=1S/C12H18FNO2/c1-8-4-11(16-3)9(5-10(8)13)6-12(2,14)7-15/h4-5,15H,6-7,14H2,1-3H3. The van der Waals surface area contributed by atoms with Crippen molar-refractivity contribution in [1.29, 1.82) is 0 Å². The summed E-state index contributed by atoms with van der Waals surface area (Å²) >= 11 is 0. The van der Waals surface area contributed by atoms with Gasteiger partial charge in [-0.3, -0.25) is 0 Å². The molecule has 3 N–H and O–H groups in total. The number of rotatable bonds is 4. The van der Waals surface area contributed by atoms with Crippen LogP contribution in [0, 0.1) is 12.7 Å². The molecule has 16 heavy (non-hydrogen) atoms. The third-order valence-corrected chi connectivity index (χ3v) is 2.52. The largest absolute Gasteiger partial charge is 0.496 e. The number of aryl methyl sites for hydroxylation is 1. The van der Waals surface area contributed by atoms with Crippen molar-refractivity contribution in [3.05, 3.63) is 29.1 Å². The monoisotopic (exact) mass is 227 g/mol. The molecule has 0 saturated carbocycles. The fourth-order valence-electron chi connectivity index (χ4n) is 1.52. The van der Waals surface area contributed by atoms with Crippen LogP contribution in [0.15, 0.2) is 12.1 Å². The third-order valence-electron chi connectivity index (χ3n) is 2.52. The average Bonchev–Trinajstić information content (AvgIpc) is 2.22. The van der Waals surface area contributed by atoms with Crippen molar-refractivity contribution in [3.63, 3.8) is 0 Å². The molecule has 0 aromatic heterocycles.